The van der Waals surface area contributed by atoms with Crippen LogP contribution in [0.4, 0.5) is 17.3 Å². The van der Waals surface area contributed by atoms with E-state index in [1.54, 1.807) is 0 Å². The maximum atomic E-state index is 9.54. The van der Waals surface area contributed by atoms with Gasteiger partial charge in [0.15, 0.2) is 23.8 Å². The van der Waals surface area contributed by atoms with Gasteiger partial charge in [0, 0.05) is 37.8 Å². The Hall–Kier alpha value is -3.16. The number of unbranched alkanes of at least 4 members (excludes halogenated alkanes) is 6. The van der Waals surface area contributed by atoms with Crippen molar-refractivity contribution in [3.05, 3.63) is 66.0 Å². The molecule has 0 bridgehead atoms. The van der Waals surface area contributed by atoms with Crippen LogP contribution >= 0.6 is 0 Å². The summed E-state index contributed by atoms with van der Waals surface area (Å²) in [4.78, 5) is 17.6. The van der Waals surface area contributed by atoms with Crippen LogP contribution in [0.1, 0.15) is 84.6 Å². The molecule has 5 atom stereocenters. The summed E-state index contributed by atoms with van der Waals surface area (Å²) in [5, 5.41) is 19.1. The highest BCUT2D eigenvalue weighted by atomic mass is 16.3. The lowest BCUT2D eigenvalue weighted by atomic mass is 9.64. The van der Waals surface area contributed by atoms with E-state index >= 15 is 0 Å². The normalized spacial score (nSPS) is 29.0. The standard InChI is InChI=1S/C39H53N5O2/c1-6-8-10-16-22-43-30(44(23-17-11-9-7-2)38-37(43)40-27-19-13-14-20-28(27)41-38)24-25-35(45)32(36(25)46)31-33-34(31)42(5)29-21-15-12-18-26(29)39(33,3)4/h12-15,18-21,24-25,31-36,45-46H,6-11,16-17,22-23H2,1-5H3/p+2. The number of hydrogen-bond acceptors (Lipinski definition) is 5. The summed E-state index contributed by atoms with van der Waals surface area (Å²) in [6.45, 7) is 11.1. The lowest BCUT2D eigenvalue weighted by Gasteiger charge is -2.40. The minimum atomic E-state index is -0.273. The quantitative estimate of drug-likeness (QED) is 0.165. The molecule has 2 saturated carbocycles. The molecule has 7 rings (SSSR count). The number of fused-ring (bicyclic) bond motifs is 4. The third-order valence-electron chi connectivity index (χ3n) is 11.8. The molecule has 4 aliphatic rings. The van der Waals surface area contributed by atoms with Crippen molar-refractivity contribution in [1.82, 2.24) is 9.97 Å². The Morgan fingerprint density at radius 3 is 1.85 bits per heavy atom. The molecule has 0 spiro atoms. The summed E-state index contributed by atoms with van der Waals surface area (Å²) < 4.78 is 0. The Balaban J connectivity index is 1.19. The summed E-state index contributed by atoms with van der Waals surface area (Å²) in [6, 6.07) is 17.5. The maximum absolute atomic E-state index is 9.54. The van der Waals surface area contributed by atoms with Gasteiger partial charge < -0.3 is 24.9 Å². The Kier molecular flexibility index (Phi) is 8.52. The Bertz CT molecular complexity index is 1520. The van der Waals surface area contributed by atoms with Gasteiger partial charge in [-0.3, -0.25) is 0 Å². The molecule has 0 radical (unpaired) electrons. The lowest BCUT2D eigenvalue weighted by Crippen LogP contribution is -2.57. The van der Waals surface area contributed by atoms with Gasteiger partial charge >= 0.3 is 0 Å². The van der Waals surface area contributed by atoms with Crippen molar-refractivity contribution in [3.8, 4) is 0 Å². The molecule has 246 valence electrons. The first-order valence-corrected chi connectivity index (χ1v) is 18.1. The highest BCUT2D eigenvalue weighted by molar-refractivity contribution is 5.85. The molecule has 7 nitrogen and oxygen atoms in total. The molecule has 7 heteroatoms. The number of para-hydroxylation sites is 3. The molecule has 46 heavy (non-hydrogen) atoms. The molecule has 2 aliphatic carbocycles. The molecule has 1 aromatic heterocycles. The largest absolute Gasteiger partial charge is 0.442 e. The minimum Gasteiger partial charge on any atom is -0.442 e. The van der Waals surface area contributed by atoms with E-state index in [0.29, 0.717) is 17.9 Å². The van der Waals surface area contributed by atoms with E-state index in [2.05, 4.69) is 91.9 Å². The second kappa shape index (κ2) is 12.5. The van der Waals surface area contributed by atoms with Gasteiger partial charge in [0.25, 0.3) is 0 Å². The molecule has 0 amide bonds. The van der Waals surface area contributed by atoms with E-state index in [1.807, 2.05) is 12.1 Å². The van der Waals surface area contributed by atoms with Crippen molar-refractivity contribution in [1.29, 1.82) is 0 Å². The first kappa shape index (κ1) is 31.4. The second-order valence-electron chi connectivity index (χ2n) is 15.0. The molecular weight excluding hydrogens is 570 g/mol. The van der Waals surface area contributed by atoms with Crippen LogP contribution in [-0.2, 0) is 5.41 Å². The van der Waals surface area contributed by atoms with Crippen LogP contribution in [0.25, 0.3) is 11.0 Å². The predicted molar refractivity (Wildman–Crippen MR) is 191 cm³/mol. The first-order chi connectivity index (χ1) is 22.3. The highest BCUT2D eigenvalue weighted by Gasteiger charge is 2.73. The SMILES string of the molecule is CCCCCCN1C(=CC2C([OH2+])C(C3C4C3C(C)(C)c3ccccc3N4C)C2[OH2+])N(CCCCCC)c2nc3ccccc3nc21. The van der Waals surface area contributed by atoms with E-state index in [9.17, 15) is 10.2 Å². The van der Waals surface area contributed by atoms with Gasteiger partial charge in [0.2, 0.25) is 0 Å². The lowest BCUT2D eigenvalue weighted by molar-refractivity contribution is -0.143. The summed E-state index contributed by atoms with van der Waals surface area (Å²) in [5.74, 6) is 3.89. The predicted octanol–water partition coefficient (Wildman–Crippen LogP) is 6.73. The van der Waals surface area contributed by atoms with Crippen molar-refractivity contribution in [2.75, 3.05) is 34.8 Å². The van der Waals surface area contributed by atoms with Crippen molar-refractivity contribution in [2.45, 2.75) is 103 Å². The zero-order chi connectivity index (χ0) is 32.2. The Morgan fingerprint density at radius 2 is 1.28 bits per heavy atom. The highest BCUT2D eigenvalue weighted by Crippen LogP contribution is 2.66. The molecule has 5 unspecified atom stereocenters. The second-order valence-corrected chi connectivity index (χ2v) is 15.0. The molecular formula is C39H55N5O2+2. The summed E-state index contributed by atoms with van der Waals surface area (Å²) in [7, 11) is 2.23. The van der Waals surface area contributed by atoms with Gasteiger partial charge in [-0.1, -0.05) is 96.6 Å². The van der Waals surface area contributed by atoms with E-state index in [0.717, 1.165) is 54.4 Å². The third kappa shape index (κ3) is 5.09. The molecule has 0 saturated heterocycles. The van der Waals surface area contributed by atoms with Crippen LogP contribution in [0.3, 0.4) is 0 Å². The average molecular weight is 626 g/mol. The fourth-order valence-electron chi connectivity index (χ4n) is 9.25. The smallest absolute Gasteiger partial charge is 0.179 e. The van der Waals surface area contributed by atoms with Crippen LogP contribution in [0.15, 0.2) is 60.4 Å². The summed E-state index contributed by atoms with van der Waals surface area (Å²) in [5.41, 5.74) is 4.65. The number of hydrogen-bond donors (Lipinski definition) is 0. The molecule has 2 aromatic carbocycles. The van der Waals surface area contributed by atoms with Gasteiger partial charge in [-0.25, -0.2) is 9.97 Å². The zero-order valence-corrected chi connectivity index (χ0v) is 28.5. The van der Waals surface area contributed by atoms with Crippen molar-refractivity contribution in [2.24, 2.45) is 23.7 Å². The Labute approximate surface area is 275 Å². The first-order valence-electron chi connectivity index (χ1n) is 18.1. The van der Waals surface area contributed by atoms with Crippen LogP contribution in [-0.4, -0.2) is 58.6 Å². The van der Waals surface area contributed by atoms with Crippen LogP contribution in [0, 0.1) is 23.7 Å². The third-order valence-corrected chi connectivity index (χ3v) is 11.8. The van der Waals surface area contributed by atoms with Gasteiger partial charge in [0.1, 0.15) is 17.7 Å². The maximum Gasteiger partial charge on any atom is 0.179 e. The zero-order valence-electron chi connectivity index (χ0n) is 28.5. The molecule has 3 aromatic rings. The van der Waals surface area contributed by atoms with Crippen LogP contribution < -0.4 is 14.7 Å². The fourth-order valence-corrected chi connectivity index (χ4v) is 9.25. The van der Waals surface area contributed by atoms with Gasteiger partial charge in [-0.05, 0) is 54.0 Å². The van der Waals surface area contributed by atoms with Crippen molar-refractivity contribution >= 4 is 28.4 Å². The van der Waals surface area contributed by atoms with Crippen molar-refractivity contribution < 1.29 is 10.2 Å². The number of rotatable bonds is 12. The molecule has 2 fully saturated rings. The summed E-state index contributed by atoms with van der Waals surface area (Å²) in [6.07, 6.45) is 11.2. The van der Waals surface area contributed by atoms with Gasteiger partial charge in [-0.2, -0.15) is 0 Å². The summed E-state index contributed by atoms with van der Waals surface area (Å²) >= 11 is 0. The van der Waals surface area contributed by atoms with Gasteiger partial charge in [-0.15, -0.1) is 0 Å². The van der Waals surface area contributed by atoms with Crippen LogP contribution in [0.2, 0.25) is 0 Å². The van der Waals surface area contributed by atoms with E-state index in [4.69, 9.17) is 9.97 Å². The van der Waals surface area contributed by atoms with Crippen molar-refractivity contribution in [3.63, 3.8) is 0 Å². The number of aromatic nitrogens is 2. The monoisotopic (exact) mass is 625 g/mol. The molecule has 2 aliphatic heterocycles. The average Bonchev–Trinajstić information content (AvgIpc) is 3.74. The van der Waals surface area contributed by atoms with Gasteiger partial charge in [0.05, 0.1) is 11.0 Å². The molecule has 4 N–H and O–H groups in total. The van der Waals surface area contributed by atoms with Crippen LogP contribution in [0.5, 0.6) is 0 Å². The van der Waals surface area contributed by atoms with E-state index in [-0.39, 0.29) is 29.5 Å². The number of nitrogens with zero attached hydrogens (tertiary/aromatic N) is 5. The van der Waals surface area contributed by atoms with E-state index < -0.39 is 0 Å². The minimum absolute atomic E-state index is 0.0540. The van der Waals surface area contributed by atoms with E-state index in [1.165, 1.54) is 49.8 Å². The number of benzene rings is 2. The topological polar surface area (TPSA) is 81.3 Å². The number of anilines is 3. The fraction of sp³-hybridized carbons (Fsp3) is 0.590. The molecule has 3 heterocycles. The Morgan fingerprint density at radius 1 is 0.739 bits per heavy atom.